The minimum Gasteiger partial charge on any atom is -0.392 e. The molecular formula is C14H26N2O3. The summed E-state index contributed by atoms with van der Waals surface area (Å²) < 4.78 is 0. The topological polar surface area (TPSA) is 78.4 Å². The summed E-state index contributed by atoms with van der Waals surface area (Å²) in [6.07, 6.45) is 2.67. The molecule has 0 aromatic rings. The molecular weight excluding hydrogens is 244 g/mol. The van der Waals surface area contributed by atoms with Gasteiger partial charge >= 0.3 is 0 Å². The van der Waals surface area contributed by atoms with Crippen molar-refractivity contribution in [2.75, 3.05) is 13.1 Å². The van der Waals surface area contributed by atoms with E-state index in [4.69, 9.17) is 0 Å². The van der Waals surface area contributed by atoms with E-state index in [0.29, 0.717) is 19.5 Å². The van der Waals surface area contributed by atoms with Gasteiger partial charge in [-0.25, -0.2) is 0 Å². The zero-order valence-corrected chi connectivity index (χ0v) is 12.2. The zero-order chi connectivity index (χ0) is 14.5. The Bertz CT molecular complexity index is 329. The van der Waals surface area contributed by atoms with E-state index in [-0.39, 0.29) is 17.2 Å². The molecule has 0 aromatic heterocycles. The van der Waals surface area contributed by atoms with Crippen LogP contribution in [0, 0.1) is 11.3 Å². The van der Waals surface area contributed by atoms with Crippen molar-refractivity contribution in [1.29, 1.82) is 0 Å². The van der Waals surface area contributed by atoms with Crippen molar-refractivity contribution in [2.24, 2.45) is 11.3 Å². The molecule has 1 rings (SSSR count). The van der Waals surface area contributed by atoms with Crippen LogP contribution in [0.3, 0.4) is 0 Å². The molecule has 0 aliphatic carbocycles. The van der Waals surface area contributed by atoms with Crippen LogP contribution in [0.4, 0.5) is 0 Å². The van der Waals surface area contributed by atoms with Crippen LogP contribution in [0.15, 0.2) is 0 Å². The minimum absolute atomic E-state index is 0.190. The number of amides is 2. The van der Waals surface area contributed by atoms with Crippen molar-refractivity contribution in [3.8, 4) is 0 Å². The molecule has 0 saturated carbocycles. The van der Waals surface area contributed by atoms with Gasteiger partial charge < -0.3 is 15.7 Å². The number of nitrogens with one attached hydrogen (secondary N) is 2. The molecule has 0 radical (unpaired) electrons. The first kappa shape index (κ1) is 16.0. The normalized spacial score (nSPS) is 23.9. The maximum atomic E-state index is 11.9. The van der Waals surface area contributed by atoms with Crippen LogP contribution in [-0.2, 0) is 9.59 Å². The van der Waals surface area contributed by atoms with Gasteiger partial charge in [0.05, 0.1) is 6.10 Å². The Morgan fingerprint density at radius 3 is 2.74 bits per heavy atom. The lowest BCUT2D eigenvalue weighted by Crippen LogP contribution is -2.52. The van der Waals surface area contributed by atoms with Gasteiger partial charge in [0.25, 0.3) is 0 Å². The van der Waals surface area contributed by atoms with E-state index < -0.39 is 12.0 Å². The summed E-state index contributed by atoms with van der Waals surface area (Å²) in [6.45, 7) is 7.47. The van der Waals surface area contributed by atoms with Crippen molar-refractivity contribution in [1.82, 2.24) is 10.6 Å². The van der Waals surface area contributed by atoms with E-state index in [9.17, 15) is 14.7 Å². The first-order valence-corrected chi connectivity index (χ1v) is 7.11. The third-order valence-electron chi connectivity index (χ3n) is 3.72. The predicted octanol–water partition coefficient (Wildman–Crippen LogP) is 0.816. The van der Waals surface area contributed by atoms with E-state index in [1.807, 2.05) is 0 Å². The van der Waals surface area contributed by atoms with E-state index in [2.05, 4.69) is 31.4 Å². The summed E-state index contributed by atoms with van der Waals surface area (Å²) in [5, 5.41) is 15.1. The molecule has 3 N–H and O–H groups in total. The van der Waals surface area contributed by atoms with Gasteiger partial charge in [-0.15, -0.1) is 0 Å². The van der Waals surface area contributed by atoms with Gasteiger partial charge in [0.15, 0.2) is 0 Å². The Labute approximate surface area is 115 Å². The lowest BCUT2D eigenvalue weighted by molar-refractivity contribution is -0.142. The van der Waals surface area contributed by atoms with Crippen LogP contribution in [0.2, 0.25) is 0 Å². The van der Waals surface area contributed by atoms with Crippen LogP contribution in [0.1, 0.15) is 46.5 Å². The molecule has 0 spiro atoms. The molecule has 0 bridgehead atoms. The van der Waals surface area contributed by atoms with E-state index in [1.165, 1.54) is 0 Å². The van der Waals surface area contributed by atoms with Gasteiger partial charge in [-0.05, 0) is 24.7 Å². The quantitative estimate of drug-likeness (QED) is 0.625. The highest BCUT2D eigenvalue weighted by molar-refractivity contribution is 6.01. The fraction of sp³-hybridized carbons (Fsp3) is 0.857. The van der Waals surface area contributed by atoms with Gasteiger partial charge in [0, 0.05) is 13.1 Å². The molecule has 1 fully saturated rings. The van der Waals surface area contributed by atoms with Crippen molar-refractivity contribution in [3.63, 3.8) is 0 Å². The SMILES string of the molecule is CCCC(C)(C)CCNC(=O)C1C(=O)NCCC1O. The fourth-order valence-corrected chi connectivity index (χ4v) is 2.52. The molecule has 19 heavy (non-hydrogen) atoms. The maximum Gasteiger partial charge on any atom is 0.235 e. The minimum atomic E-state index is -0.956. The Morgan fingerprint density at radius 1 is 1.47 bits per heavy atom. The van der Waals surface area contributed by atoms with Crippen LogP contribution < -0.4 is 10.6 Å². The molecule has 5 heteroatoms. The molecule has 2 atom stereocenters. The van der Waals surface area contributed by atoms with E-state index in [0.717, 1.165) is 19.3 Å². The van der Waals surface area contributed by atoms with Gasteiger partial charge in [-0.1, -0.05) is 27.2 Å². The van der Waals surface area contributed by atoms with E-state index in [1.54, 1.807) is 0 Å². The van der Waals surface area contributed by atoms with Crippen LogP contribution >= 0.6 is 0 Å². The maximum absolute atomic E-state index is 11.9. The predicted molar refractivity (Wildman–Crippen MR) is 73.4 cm³/mol. The summed E-state index contributed by atoms with van der Waals surface area (Å²) >= 11 is 0. The van der Waals surface area contributed by atoms with Gasteiger partial charge in [-0.3, -0.25) is 9.59 Å². The first-order chi connectivity index (χ1) is 8.87. The molecule has 5 nitrogen and oxygen atoms in total. The number of hydrogen-bond acceptors (Lipinski definition) is 3. The van der Waals surface area contributed by atoms with Gasteiger partial charge in [-0.2, -0.15) is 0 Å². The molecule has 110 valence electrons. The fourth-order valence-electron chi connectivity index (χ4n) is 2.52. The number of piperidine rings is 1. The summed E-state index contributed by atoms with van der Waals surface area (Å²) in [6, 6.07) is 0. The number of carbonyl (C=O) groups excluding carboxylic acids is 2. The van der Waals surface area contributed by atoms with Crippen molar-refractivity contribution in [3.05, 3.63) is 0 Å². The lowest BCUT2D eigenvalue weighted by atomic mass is 9.84. The highest BCUT2D eigenvalue weighted by Crippen LogP contribution is 2.25. The van der Waals surface area contributed by atoms with Crippen molar-refractivity contribution < 1.29 is 14.7 Å². The molecule has 2 unspecified atom stereocenters. The second kappa shape index (κ2) is 6.89. The third-order valence-corrected chi connectivity index (χ3v) is 3.72. The zero-order valence-electron chi connectivity index (χ0n) is 12.2. The Hall–Kier alpha value is -1.10. The molecule has 0 aromatic carbocycles. The van der Waals surface area contributed by atoms with Crippen LogP contribution in [0.5, 0.6) is 0 Å². The van der Waals surface area contributed by atoms with Crippen LogP contribution in [0.25, 0.3) is 0 Å². The monoisotopic (exact) mass is 270 g/mol. The average Bonchev–Trinajstić information content (AvgIpc) is 2.28. The number of hydrogen-bond donors (Lipinski definition) is 3. The van der Waals surface area contributed by atoms with Crippen molar-refractivity contribution >= 4 is 11.8 Å². The van der Waals surface area contributed by atoms with Crippen molar-refractivity contribution in [2.45, 2.75) is 52.6 Å². The Kier molecular flexibility index (Phi) is 5.79. The molecule has 1 heterocycles. The Morgan fingerprint density at radius 2 is 2.16 bits per heavy atom. The lowest BCUT2D eigenvalue weighted by Gasteiger charge is -2.28. The van der Waals surface area contributed by atoms with Gasteiger partial charge in [0.2, 0.25) is 11.8 Å². The molecule has 2 amide bonds. The highest BCUT2D eigenvalue weighted by atomic mass is 16.3. The number of aliphatic hydroxyl groups excluding tert-OH is 1. The number of aliphatic hydroxyl groups is 1. The largest absolute Gasteiger partial charge is 0.392 e. The summed E-state index contributed by atoms with van der Waals surface area (Å²) in [5.41, 5.74) is 0.190. The van der Waals surface area contributed by atoms with Gasteiger partial charge in [0.1, 0.15) is 5.92 Å². The van der Waals surface area contributed by atoms with E-state index >= 15 is 0 Å². The van der Waals surface area contributed by atoms with Crippen LogP contribution in [-0.4, -0.2) is 36.1 Å². The summed E-state index contributed by atoms with van der Waals surface area (Å²) in [4.78, 5) is 23.5. The second-order valence-corrected chi connectivity index (χ2v) is 6.08. The molecule has 1 aliphatic rings. The number of carbonyl (C=O) groups is 2. The third kappa shape index (κ3) is 4.82. The second-order valence-electron chi connectivity index (χ2n) is 6.08. The standard InChI is InChI=1S/C14H26N2O3/c1-4-6-14(2,3)7-9-16-13(19)11-10(17)5-8-15-12(11)18/h10-11,17H,4-9H2,1-3H3,(H,15,18)(H,16,19). The summed E-state index contributed by atoms with van der Waals surface area (Å²) in [7, 11) is 0. The Balaban J connectivity index is 2.40. The average molecular weight is 270 g/mol. The smallest absolute Gasteiger partial charge is 0.235 e. The summed E-state index contributed by atoms with van der Waals surface area (Å²) in [5.74, 6) is -1.69. The molecule has 1 saturated heterocycles. The molecule has 1 aliphatic heterocycles. The first-order valence-electron chi connectivity index (χ1n) is 7.11. The number of rotatable bonds is 6. The highest BCUT2D eigenvalue weighted by Gasteiger charge is 2.36.